The van der Waals surface area contributed by atoms with Gasteiger partial charge in [-0.3, -0.25) is 4.90 Å². The first-order valence-electron chi connectivity index (χ1n) is 5.48. The molecule has 0 atom stereocenters. The molecule has 4 heteroatoms. The van der Waals surface area contributed by atoms with E-state index in [4.69, 9.17) is 15.2 Å². The van der Waals surface area contributed by atoms with Gasteiger partial charge >= 0.3 is 0 Å². The van der Waals surface area contributed by atoms with Crippen molar-refractivity contribution in [1.82, 2.24) is 4.90 Å². The fourth-order valence-corrected chi connectivity index (χ4v) is 1.50. The Morgan fingerprint density at radius 3 is 2.13 bits per heavy atom. The zero-order chi connectivity index (χ0) is 11.7. The summed E-state index contributed by atoms with van der Waals surface area (Å²) < 4.78 is 10.1. The molecule has 0 aliphatic heterocycles. The van der Waals surface area contributed by atoms with Crippen LogP contribution in [-0.2, 0) is 9.47 Å². The molecule has 0 spiro atoms. The lowest BCUT2D eigenvalue weighted by Crippen LogP contribution is -2.46. The van der Waals surface area contributed by atoms with Crippen molar-refractivity contribution >= 4 is 0 Å². The van der Waals surface area contributed by atoms with Crippen molar-refractivity contribution in [2.75, 3.05) is 47.1 Å². The maximum atomic E-state index is 6.00. The summed E-state index contributed by atoms with van der Waals surface area (Å²) in [5.41, 5.74) is 5.85. The fourth-order valence-electron chi connectivity index (χ4n) is 1.50. The van der Waals surface area contributed by atoms with E-state index in [-0.39, 0.29) is 5.54 Å². The van der Waals surface area contributed by atoms with Gasteiger partial charge in [-0.25, -0.2) is 0 Å². The zero-order valence-corrected chi connectivity index (χ0v) is 10.6. The van der Waals surface area contributed by atoms with E-state index in [1.807, 2.05) is 13.8 Å². The summed E-state index contributed by atoms with van der Waals surface area (Å²) in [6.07, 6.45) is 1.04. The minimum absolute atomic E-state index is 0.152. The number of rotatable bonds is 9. The van der Waals surface area contributed by atoms with Gasteiger partial charge in [-0.05, 0) is 20.3 Å². The van der Waals surface area contributed by atoms with E-state index in [1.54, 1.807) is 14.2 Å². The molecule has 0 aromatic rings. The Kier molecular flexibility index (Phi) is 7.96. The molecule has 2 N–H and O–H groups in total. The van der Waals surface area contributed by atoms with Crippen LogP contribution in [0.5, 0.6) is 0 Å². The highest BCUT2D eigenvalue weighted by Gasteiger charge is 2.16. The van der Waals surface area contributed by atoms with Gasteiger partial charge in [0.1, 0.15) is 0 Å². The molecular formula is C11H26N2O2. The molecule has 0 aliphatic rings. The third-order valence-electron chi connectivity index (χ3n) is 2.07. The van der Waals surface area contributed by atoms with Crippen molar-refractivity contribution in [1.29, 1.82) is 0 Å². The van der Waals surface area contributed by atoms with Crippen LogP contribution in [0.25, 0.3) is 0 Å². The molecule has 15 heavy (non-hydrogen) atoms. The number of nitrogens with zero attached hydrogens (tertiary/aromatic N) is 1. The van der Waals surface area contributed by atoms with Gasteiger partial charge in [-0.1, -0.05) is 0 Å². The van der Waals surface area contributed by atoms with Gasteiger partial charge in [0.05, 0.1) is 6.61 Å². The summed E-state index contributed by atoms with van der Waals surface area (Å²) in [6, 6.07) is 0. The standard InChI is InChI=1S/C11H26N2O2/c1-11(2,12)10-13(7-9-15-4)6-5-8-14-3/h5-10,12H2,1-4H3. The van der Waals surface area contributed by atoms with Crippen LogP contribution in [0.1, 0.15) is 20.3 Å². The zero-order valence-electron chi connectivity index (χ0n) is 10.6. The van der Waals surface area contributed by atoms with Crippen molar-refractivity contribution in [3.63, 3.8) is 0 Å². The SMILES string of the molecule is COCCCN(CCOC)CC(C)(C)N. The van der Waals surface area contributed by atoms with Gasteiger partial charge in [0, 0.05) is 46.0 Å². The third kappa shape index (κ3) is 10.1. The highest BCUT2D eigenvalue weighted by Crippen LogP contribution is 2.02. The van der Waals surface area contributed by atoms with E-state index >= 15 is 0 Å². The normalized spacial score (nSPS) is 12.4. The van der Waals surface area contributed by atoms with Crippen LogP contribution >= 0.6 is 0 Å². The summed E-state index contributed by atoms with van der Waals surface area (Å²) in [7, 11) is 3.45. The van der Waals surface area contributed by atoms with Crippen LogP contribution in [0, 0.1) is 0 Å². The number of nitrogens with two attached hydrogens (primary N) is 1. The predicted molar refractivity (Wildman–Crippen MR) is 63.1 cm³/mol. The van der Waals surface area contributed by atoms with Crippen LogP contribution < -0.4 is 5.73 Å². The molecule has 0 heterocycles. The number of ether oxygens (including phenoxy) is 2. The molecule has 0 fully saturated rings. The van der Waals surface area contributed by atoms with Gasteiger partial charge in [0.25, 0.3) is 0 Å². The van der Waals surface area contributed by atoms with Gasteiger partial charge in [0.15, 0.2) is 0 Å². The summed E-state index contributed by atoms with van der Waals surface area (Å²) in [5, 5.41) is 0. The average molecular weight is 218 g/mol. The smallest absolute Gasteiger partial charge is 0.0589 e. The third-order valence-corrected chi connectivity index (χ3v) is 2.07. The average Bonchev–Trinajstić information content (AvgIpc) is 2.12. The Bertz CT molecular complexity index is 146. The topological polar surface area (TPSA) is 47.7 Å². The molecule has 0 saturated carbocycles. The minimum atomic E-state index is -0.152. The minimum Gasteiger partial charge on any atom is -0.385 e. The molecule has 0 bridgehead atoms. The number of methoxy groups -OCH3 is 2. The van der Waals surface area contributed by atoms with Crippen molar-refractivity contribution in [3.05, 3.63) is 0 Å². The largest absolute Gasteiger partial charge is 0.385 e. The highest BCUT2D eigenvalue weighted by molar-refractivity contribution is 4.77. The second-order valence-corrected chi connectivity index (χ2v) is 4.60. The molecule has 0 aromatic carbocycles. The summed E-state index contributed by atoms with van der Waals surface area (Å²) in [6.45, 7) is 8.47. The second-order valence-electron chi connectivity index (χ2n) is 4.60. The van der Waals surface area contributed by atoms with Crippen molar-refractivity contribution in [2.24, 2.45) is 5.73 Å². The molecule has 0 saturated heterocycles. The first-order chi connectivity index (χ1) is 6.99. The molecule has 4 nitrogen and oxygen atoms in total. The Balaban J connectivity index is 3.84. The summed E-state index contributed by atoms with van der Waals surface area (Å²) in [4.78, 5) is 2.32. The molecule has 92 valence electrons. The van der Waals surface area contributed by atoms with Crippen molar-refractivity contribution in [2.45, 2.75) is 25.8 Å². The molecule has 0 aliphatic carbocycles. The van der Waals surface area contributed by atoms with Gasteiger partial charge in [-0.2, -0.15) is 0 Å². The molecule has 0 rings (SSSR count). The fraction of sp³-hybridized carbons (Fsp3) is 1.00. The van der Waals surface area contributed by atoms with E-state index in [2.05, 4.69) is 4.90 Å². The van der Waals surface area contributed by atoms with E-state index in [0.717, 1.165) is 39.3 Å². The van der Waals surface area contributed by atoms with Crippen molar-refractivity contribution < 1.29 is 9.47 Å². The lowest BCUT2D eigenvalue weighted by molar-refractivity contribution is 0.121. The predicted octanol–water partition coefficient (Wildman–Crippen LogP) is 0.709. The molecule has 0 amide bonds. The van der Waals surface area contributed by atoms with Crippen LogP contribution in [0.15, 0.2) is 0 Å². The Labute approximate surface area is 93.7 Å². The lowest BCUT2D eigenvalue weighted by atomic mass is 10.1. The van der Waals surface area contributed by atoms with Crippen LogP contribution in [0.4, 0.5) is 0 Å². The molecule has 0 unspecified atom stereocenters. The monoisotopic (exact) mass is 218 g/mol. The highest BCUT2D eigenvalue weighted by atomic mass is 16.5. The van der Waals surface area contributed by atoms with E-state index < -0.39 is 0 Å². The van der Waals surface area contributed by atoms with Gasteiger partial charge < -0.3 is 15.2 Å². The molecule has 0 aromatic heterocycles. The maximum absolute atomic E-state index is 6.00. The number of hydrogen-bond acceptors (Lipinski definition) is 4. The summed E-state index contributed by atoms with van der Waals surface area (Å²) >= 11 is 0. The second kappa shape index (κ2) is 8.05. The Hall–Kier alpha value is -0.160. The van der Waals surface area contributed by atoms with E-state index in [0.29, 0.717) is 0 Å². The van der Waals surface area contributed by atoms with Crippen LogP contribution in [-0.4, -0.2) is 57.5 Å². The van der Waals surface area contributed by atoms with Crippen LogP contribution in [0.3, 0.4) is 0 Å². The Morgan fingerprint density at radius 2 is 1.67 bits per heavy atom. The number of hydrogen-bond donors (Lipinski definition) is 1. The summed E-state index contributed by atoms with van der Waals surface area (Å²) in [5.74, 6) is 0. The van der Waals surface area contributed by atoms with Crippen LogP contribution in [0.2, 0.25) is 0 Å². The first-order valence-corrected chi connectivity index (χ1v) is 5.48. The van der Waals surface area contributed by atoms with E-state index in [1.165, 1.54) is 0 Å². The maximum Gasteiger partial charge on any atom is 0.0589 e. The lowest BCUT2D eigenvalue weighted by Gasteiger charge is -2.29. The van der Waals surface area contributed by atoms with Gasteiger partial charge in [0.2, 0.25) is 0 Å². The molecule has 0 radical (unpaired) electrons. The Morgan fingerprint density at radius 1 is 1.07 bits per heavy atom. The van der Waals surface area contributed by atoms with Crippen molar-refractivity contribution in [3.8, 4) is 0 Å². The quantitative estimate of drug-likeness (QED) is 0.579. The van der Waals surface area contributed by atoms with Gasteiger partial charge in [-0.15, -0.1) is 0 Å². The van der Waals surface area contributed by atoms with E-state index in [9.17, 15) is 0 Å². The first kappa shape index (κ1) is 14.8. The molecular weight excluding hydrogens is 192 g/mol.